The number of thiocarbonyl (C=S) groups is 1. The molecule has 2 N–H and O–H groups in total. The summed E-state index contributed by atoms with van der Waals surface area (Å²) in [5.74, 6) is 0.378. The largest absolute Gasteiger partial charge is 0.494 e. The van der Waals surface area contributed by atoms with Crippen molar-refractivity contribution in [3.05, 3.63) is 59.7 Å². The van der Waals surface area contributed by atoms with Gasteiger partial charge in [-0.1, -0.05) is 19.9 Å². The fourth-order valence-corrected chi connectivity index (χ4v) is 3.18. The van der Waals surface area contributed by atoms with E-state index < -0.39 is 0 Å². The summed E-state index contributed by atoms with van der Waals surface area (Å²) in [5, 5.41) is 5.79. The van der Waals surface area contributed by atoms with E-state index >= 15 is 0 Å². The van der Waals surface area contributed by atoms with E-state index in [1.165, 1.54) is 0 Å². The molecule has 0 aliphatic carbocycles. The number of rotatable bonds is 9. The molecular formula is C23H29N3O3S. The van der Waals surface area contributed by atoms with Gasteiger partial charge in [0.1, 0.15) is 5.75 Å². The minimum Gasteiger partial charge on any atom is -0.494 e. The zero-order chi connectivity index (χ0) is 21.9. The van der Waals surface area contributed by atoms with E-state index in [1.54, 1.807) is 48.5 Å². The third-order valence-corrected chi connectivity index (χ3v) is 4.50. The third kappa shape index (κ3) is 6.84. The Morgan fingerprint density at radius 2 is 1.63 bits per heavy atom. The van der Waals surface area contributed by atoms with Gasteiger partial charge >= 0.3 is 0 Å². The Kier molecular flexibility index (Phi) is 9.28. The standard InChI is InChI=1S/C23H29N3O3S/c1-4-14-26(15-5-2)22(28)18-8-7-9-19(16-18)24-23(30)25-21(27)17-10-12-20(13-11-17)29-6-3/h7-13,16H,4-6,14-15H2,1-3H3,(H2,24,25,27,30). The Hall–Kier alpha value is -2.93. The van der Waals surface area contributed by atoms with Crippen LogP contribution in [0.3, 0.4) is 0 Å². The number of ether oxygens (including phenoxy) is 1. The van der Waals surface area contributed by atoms with E-state index in [0.29, 0.717) is 29.2 Å². The Morgan fingerprint density at radius 1 is 0.967 bits per heavy atom. The maximum Gasteiger partial charge on any atom is 0.257 e. The molecule has 7 heteroatoms. The number of carbonyl (C=O) groups excluding carboxylic acids is 2. The molecule has 2 aromatic rings. The second-order valence-corrected chi connectivity index (χ2v) is 7.15. The topological polar surface area (TPSA) is 70.7 Å². The highest BCUT2D eigenvalue weighted by atomic mass is 32.1. The van der Waals surface area contributed by atoms with Gasteiger partial charge in [0.05, 0.1) is 6.61 Å². The van der Waals surface area contributed by atoms with Gasteiger partial charge in [0.15, 0.2) is 5.11 Å². The van der Waals surface area contributed by atoms with Crippen LogP contribution in [0.2, 0.25) is 0 Å². The number of nitrogens with zero attached hydrogens (tertiary/aromatic N) is 1. The second-order valence-electron chi connectivity index (χ2n) is 6.74. The summed E-state index contributed by atoms with van der Waals surface area (Å²) in [6.45, 7) is 8.02. The average molecular weight is 428 g/mol. The number of hydrogen-bond acceptors (Lipinski definition) is 4. The zero-order valence-electron chi connectivity index (χ0n) is 17.7. The van der Waals surface area contributed by atoms with Crippen LogP contribution >= 0.6 is 12.2 Å². The molecule has 0 atom stereocenters. The SMILES string of the molecule is CCCN(CCC)C(=O)c1cccc(NC(=S)NC(=O)c2ccc(OCC)cc2)c1. The van der Waals surface area contributed by atoms with Crippen LogP contribution in [0.4, 0.5) is 5.69 Å². The molecule has 0 aliphatic rings. The number of hydrogen-bond donors (Lipinski definition) is 2. The van der Waals surface area contributed by atoms with Gasteiger partial charge < -0.3 is 15.0 Å². The zero-order valence-corrected chi connectivity index (χ0v) is 18.6. The summed E-state index contributed by atoms with van der Waals surface area (Å²) >= 11 is 5.26. The highest BCUT2D eigenvalue weighted by Gasteiger charge is 2.15. The lowest BCUT2D eigenvalue weighted by Gasteiger charge is -2.21. The van der Waals surface area contributed by atoms with E-state index in [9.17, 15) is 9.59 Å². The molecule has 0 aliphatic heterocycles. The molecule has 0 fully saturated rings. The van der Waals surface area contributed by atoms with Crippen molar-refractivity contribution >= 4 is 34.8 Å². The Balaban J connectivity index is 2.00. The summed E-state index contributed by atoms with van der Waals surface area (Å²) in [7, 11) is 0. The Morgan fingerprint density at radius 3 is 2.23 bits per heavy atom. The van der Waals surface area contributed by atoms with Crippen LogP contribution < -0.4 is 15.4 Å². The predicted molar refractivity (Wildman–Crippen MR) is 124 cm³/mol. The van der Waals surface area contributed by atoms with Crippen LogP contribution in [0, 0.1) is 0 Å². The Labute approximate surface area is 183 Å². The third-order valence-electron chi connectivity index (χ3n) is 4.30. The van der Waals surface area contributed by atoms with Gasteiger partial charge in [-0.15, -0.1) is 0 Å². The van der Waals surface area contributed by atoms with Crippen molar-refractivity contribution in [2.45, 2.75) is 33.6 Å². The number of carbonyl (C=O) groups is 2. The molecule has 0 unspecified atom stereocenters. The lowest BCUT2D eigenvalue weighted by Crippen LogP contribution is -2.34. The van der Waals surface area contributed by atoms with E-state index in [1.807, 2.05) is 11.8 Å². The molecule has 0 saturated heterocycles. The van der Waals surface area contributed by atoms with Crippen molar-refractivity contribution < 1.29 is 14.3 Å². The highest BCUT2D eigenvalue weighted by Crippen LogP contribution is 2.15. The van der Waals surface area contributed by atoms with Crippen molar-refractivity contribution in [3.63, 3.8) is 0 Å². The van der Waals surface area contributed by atoms with Gasteiger partial charge in [0.25, 0.3) is 11.8 Å². The molecular weight excluding hydrogens is 398 g/mol. The molecule has 0 saturated carbocycles. The summed E-state index contributed by atoms with van der Waals surface area (Å²) in [4.78, 5) is 27.0. The van der Waals surface area contributed by atoms with Gasteiger partial charge in [-0.05, 0) is 74.4 Å². The first-order chi connectivity index (χ1) is 14.5. The molecule has 0 bridgehead atoms. The molecule has 2 amide bonds. The summed E-state index contributed by atoms with van der Waals surface area (Å²) in [6, 6.07) is 14.0. The smallest absolute Gasteiger partial charge is 0.257 e. The fourth-order valence-electron chi connectivity index (χ4n) is 2.97. The van der Waals surface area contributed by atoms with Crippen molar-refractivity contribution in [2.24, 2.45) is 0 Å². The van der Waals surface area contributed by atoms with Gasteiger partial charge in [-0.25, -0.2) is 0 Å². The van der Waals surface area contributed by atoms with E-state index in [4.69, 9.17) is 17.0 Å². The quantitative estimate of drug-likeness (QED) is 0.578. The second kappa shape index (κ2) is 11.9. The highest BCUT2D eigenvalue weighted by molar-refractivity contribution is 7.80. The molecule has 6 nitrogen and oxygen atoms in total. The van der Waals surface area contributed by atoms with E-state index in [2.05, 4.69) is 24.5 Å². The lowest BCUT2D eigenvalue weighted by molar-refractivity contribution is 0.0755. The maximum absolute atomic E-state index is 12.8. The molecule has 0 aromatic heterocycles. The molecule has 0 radical (unpaired) electrons. The summed E-state index contributed by atoms with van der Waals surface area (Å²) in [6.07, 6.45) is 1.82. The number of benzene rings is 2. The average Bonchev–Trinajstić information content (AvgIpc) is 2.74. The van der Waals surface area contributed by atoms with Crippen molar-refractivity contribution in [1.29, 1.82) is 0 Å². The molecule has 0 heterocycles. The normalized spacial score (nSPS) is 10.2. The van der Waals surface area contributed by atoms with Gasteiger partial charge in [-0.3, -0.25) is 14.9 Å². The number of nitrogens with one attached hydrogen (secondary N) is 2. The van der Waals surface area contributed by atoms with Gasteiger partial charge in [0.2, 0.25) is 0 Å². The molecule has 2 rings (SSSR count). The van der Waals surface area contributed by atoms with Crippen LogP contribution in [-0.2, 0) is 0 Å². The first kappa shape index (κ1) is 23.3. The van der Waals surface area contributed by atoms with Gasteiger partial charge in [0, 0.05) is 29.9 Å². The van der Waals surface area contributed by atoms with E-state index in [0.717, 1.165) is 25.9 Å². The molecule has 2 aromatic carbocycles. The molecule has 0 spiro atoms. The number of amides is 2. The monoisotopic (exact) mass is 427 g/mol. The van der Waals surface area contributed by atoms with Gasteiger partial charge in [-0.2, -0.15) is 0 Å². The van der Waals surface area contributed by atoms with Crippen molar-refractivity contribution in [2.75, 3.05) is 25.0 Å². The Bertz CT molecular complexity index is 862. The van der Waals surface area contributed by atoms with Crippen LogP contribution in [-0.4, -0.2) is 41.5 Å². The predicted octanol–water partition coefficient (Wildman–Crippen LogP) is 4.47. The lowest BCUT2D eigenvalue weighted by atomic mass is 10.1. The summed E-state index contributed by atoms with van der Waals surface area (Å²) in [5.41, 5.74) is 1.70. The van der Waals surface area contributed by atoms with E-state index in [-0.39, 0.29) is 16.9 Å². The fraction of sp³-hybridized carbons (Fsp3) is 0.348. The van der Waals surface area contributed by atoms with Crippen molar-refractivity contribution in [1.82, 2.24) is 10.2 Å². The first-order valence-electron chi connectivity index (χ1n) is 10.2. The van der Waals surface area contributed by atoms with Crippen molar-refractivity contribution in [3.8, 4) is 5.75 Å². The molecule has 160 valence electrons. The minimum atomic E-state index is -0.320. The van der Waals surface area contributed by atoms with Crippen LogP contribution in [0.15, 0.2) is 48.5 Å². The van der Waals surface area contributed by atoms with Crippen LogP contribution in [0.1, 0.15) is 54.3 Å². The number of anilines is 1. The van der Waals surface area contributed by atoms with Crippen LogP contribution in [0.5, 0.6) is 5.75 Å². The maximum atomic E-state index is 12.8. The molecule has 30 heavy (non-hydrogen) atoms. The van der Waals surface area contributed by atoms with Crippen LogP contribution in [0.25, 0.3) is 0 Å². The first-order valence-corrected chi connectivity index (χ1v) is 10.6. The minimum absolute atomic E-state index is 0.00769. The summed E-state index contributed by atoms with van der Waals surface area (Å²) < 4.78 is 5.38.